The number of benzene rings is 2. The van der Waals surface area contributed by atoms with E-state index in [1.54, 1.807) is 30.5 Å². The van der Waals surface area contributed by atoms with E-state index in [4.69, 9.17) is 38.9 Å². The van der Waals surface area contributed by atoms with Crippen LogP contribution in [-0.4, -0.2) is 40.3 Å². The van der Waals surface area contributed by atoms with E-state index >= 15 is 0 Å². The lowest BCUT2D eigenvalue weighted by Crippen LogP contribution is -2.30. The summed E-state index contributed by atoms with van der Waals surface area (Å²) in [4.78, 5) is 29.2. The van der Waals surface area contributed by atoms with E-state index in [-0.39, 0.29) is 18.4 Å². The molecular formula is C26H32ClN9O3. The number of aromatic amines is 1. The molecule has 3 aromatic rings. The Hall–Kier alpha value is -4.55. The molecule has 0 spiro atoms. The number of amides is 1. The first-order valence-electron chi connectivity index (χ1n) is 12.2. The summed E-state index contributed by atoms with van der Waals surface area (Å²) < 4.78 is 0. The summed E-state index contributed by atoms with van der Waals surface area (Å²) in [5, 5.41) is 18.6. The number of carbonyl (C=O) groups excluding carboxylic acids is 1. The number of carbonyl (C=O) groups is 2. The molecule has 206 valence electrons. The van der Waals surface area contributed by atoms with Crippen molar-refractivity contribution in [1.29, 1.82) is 0 Å². The Labute approximate surface area is 230 Å². The fraction of sp³-hybridized carbons (Fsp3) is 0.231. The van der Waals surface area contributed by atoms with E-state index in [1.165, 1.54) is 17.4 Å². The third-order valence-corrected chi connectivity index (χ3v) is 6.17. The quantitative estimate of drug-likeness (QED) is 0.0469. The van der Waals surface area contributed by atoms with Gasteiger partial charge in [-0.3, -0.25) is 14.6 Å². The van der Waals surface area contributed by atoms with Gasteiger partial charge in [0, 0.05) is 40.1 Å². The zero-order valence-corrected chi connectivity index (χ0v) is 21.9. The number of H-pyrrole nitrogens is 1. The molecule has 0 aliphatic carbocycles. The maximum atomic E-state index is 12.9. The van der Waals surface area contributed by atoms with Crippen LogP contribution in [0, 0.1) is 0 Å². The molecule has 1 aliphatic rings. The molecular weight excluding hydrogens is 522 g/mol. The summed E-state index contributed by atoms with van der Waals surface area (Å²) >= 11 is 6.15. The maximum Gasteiger partial charge on any atom is 0.290 e. The molecule has 1 aliphatic heterocycles. The Kier molecular flexibility index (Phi) is 10.7. The van der Waals surface area contributed by atoms with Crippen molar-refractivity contribution in [3.05, 3.63) is 65.1 Å². The maximum absolute atomic E-state index is 12.9. The highest BCUT2D eigenvalue weighted by Crippen LogP contribution is 2.31. The van der Waals surface area contributed by atoms with Gasteiger partial charge in [0.2, 0.25) is 5.91 Å². The van der Waals surface area contributed by atoms with Gasteiger partial charge in [-0.2, -0.15) is 5.10 Å². The van der Waals surface area contributed by atoms with Crippen molar-refractivity contribution in [3.63, 3.8) is 0 Å². The normalized spacial score (nSPS) is 15.2. The van der Waals surface area contributed by atoms with Crippen LogP contribution in [0.4, 0.5) is 17.1 Å². The number of aromatic nitrogens is 2. The number of anilines is 3. The van der Waals surface area contributed by atoms with E-state index in [9.17, 15) is 4.79 Å². The van der Waals surface area contributed by atoms with Gasteiger partial charge >= 0.3 is 0 Å². The molecule has 2 heterocycles. The molecule has 0 unspecified atom stereocenters. The number of hydrazone groups is 1. The van der Waals surface area contributed by atoms with Crippen molar-refractivity contribution in [2.45, 2.75) is 31.7 Å². The molecule has 12 nitrogen and oxygen atoms in total. The largest absolute Gasteiger partial charge is 0.483 e. The molecule has 0 radical (unpaired) electrons. The highest BCUT2D eigenvalue weighted by molar-refractivity contribution is 6.30. The smallest absolute Gasteiger partial charge is 0.290 e. The second-order valence-electron chi connectivity index (χ2n) is 8.64. The van der Waals surface area contributed by atoms with Crippen LogP contribution in [0.3, 0.4) is 0 Å². The van der Waals surface area contributed by atoms with Crippen LogP contribution in [-0.2, 0) is 9.59 Å². The van der Waals surface area contributed by atoms with Crippen LogP contribution >= 0.6 is 11.6 Å². The minimum absolute atomic E-state index is 0.250. The number of hydrogen-bond acceptors (Lipinski definition) is 8. The van der Waals surface area contributed by atoms with E-state index in [1.807, 2.05) is 18.2 Å². The van der Waals surface area contributed by atoms with Crippen LogP contribution in [0.1, 0.15) is 43.1 Å². The average molecular weight is 554 g/mol. The molecule has 2 bridgehead atoms. The summed E-state index contributed by atoms with van der Waals surface area (Å²) in [5.74, 6) is 11.6. The molecule has 1 amide bonds. The number of imidazole rings is 1. The highest BCUT2D eigenvalue weighted by Gasteiger charge is 2.19. The van der Waals surface area contributed by atoms with E-state index in [2.05, 4.69) is 25.7 Å². The van der Waals surface area contributed by atoms with Crippen molar-refractivity contribution in [2.75, 3.05) is 22.6 Å². The number of halogens is 1. The number of rotatable bonds is 5. The lowest BCUT2D eigenvalue weighted by atomic mass is 10.1. The van der Waals surface area contributed by atoms with Crippen LogP contribution in [0.2, 0.25) is 5.02 Å². The first-order chi connectivity index (χ1) is 18.9. The van der Waals surface area contributed by atoms with E-state index in [0.29, 0.717) is 27.8 Å². The van der Waals surface area contributed by atoms with Gasteiger partial charge in [-0.15, -0.1) is 0 Å². The molecule has 1 atom stereocenters. The molecule has 0 saturated carbocycles. The van der Waals surface area contributed by atoms with Gasteiger partial charge in [0.25, 0.3) is 6.47 Å². The minimum Gasteiger partial charge on any atom is -0.483 e. The van der Waals surface area contributed by atoms with Gasteiger partial charge in [0.1, 0.15) is 12.2 Å². The number of carboxylic acid groups (broad SMARTS) is 1. The van der Waals surface area contributed by atoms with Gasteiger partial charge in [0.05, 0.1) is 23.6 Å². The van der Waals surface area contributed by atoms with Crippen molar-refractivity contribution >= 4 is 53.5 Å². The molecule has 1 aromatic heterocycles. The molecule has 0 saturated heterocycles. The van der Waals surface area contributed by atoms with Gasteiger partial charge in [-0.25, -0.2) is 10.8 Å². The van der Waals surface area contributed by atoms with Crippen molar-refractivity contribution in [1.82, 2.24) is 15.3 Å². The number of hydrazine groups is 1. The summed E-state index contributed by atoms with van der Waals surface area (Å²) in [6.07, 6.45) is 9.87. The Bertz CT molecular complexity index is 1330. The minimum atomic E-state index is -0.269. The number of fused-ring (bicyclic) bond motifs is 4. The lowest BCUT2D eigenvalue weighted by molar-refractivity contribution is -0.123. The van der Waals surface area contributed by atoms with Crippen LogP contribution in [0.5, 0.6) is 0 Å². The zero-order valence-electron chi connectivity index (χ0n) is 21.2. The van der Waals surface area contributed by atoms with Gasteiger partial charge in [0.15, 0.2) is 0 Å². The average Bonchev–Trinajstić information content (AvgIpc) is 3.39. The van der Waals surface area contributed by atoms with Crippen LogP contribution in [0.15, 0.2) is 53.8 Å². The fourth-order valence-electron chi connectivity index (χ4n) is 4.16. The van der Waals surface area contributed by atoms with Crippen molar-refractivity contribution < 1.29 is 14.7 Å². The number of nitrogens with zero attached hydrogens (tertiary/aromatic N) is 3. The van der Waals surface area contributed by atoms with Crippen molar-refractivity contribution in [2.24, 2.45) is 16.8 Å². The monoisotopic (exact) mass is 553 g/mol. The molecule has 10 N–H and O–H groups in total. The standard InChI is InChI=1S/C25H30ClN9O.CH2O2/c26-17-6-9-23(35(29)15-32-28)16(12-17)5-10-24(36)33-20-4-2-1-3-11-30-21-13-18(27)7-8-19(21)22-14-31-25(20)34-22;2-1-3/h5-10,12-15,20,30H,1-4,11,27-29H2,(H,31,34)(H,33,36);1H,(H,2,3)/b10-5+,32-15-;/t20-;/m0./s1. The lowest BCUT2D eigenvalue weighted by Gasteiger charge is -2.18. The summed E-state index contributed by atoms with van der Waals surface area (Å²) in [6, 6.07) is 10.6. The highest BCUT2D eigenvalue weighted by atomic mass is 35.5. The first kappa shape index (κ1) is 29.0. The van der Waals surface area contributed by atoms with Gasteiger partial charge in [-0.05, 0) is 55.3 Å². The van der Waals surface area contributed by atoms with E-state index < -0.39 is 0 Å². The van der Waals surface area contributed by atoms with Crippen molar-refractivity contribution in [3.8, 4) is 11.3 Å². The number of nitrogen functional groups attached to an aromatic ring is 1. The second kappa shape index (κ2) is 14.4. The third kappa shape index (κ3) is 8.22. The van der Waals surface area contributed by atoms with Crippen LogP contribution < -0.4 is 33.1 Å². The van der Waals surface area contributed by atoms with Crippen LogP contribution in [0.25, 0.3) is 17.3 Å². The zero-order chi connectivity index (χ0) is 28.2. The third-order valence-electron chi connectivity index (χ3n) is 5.93. The summed E-state index contributed by atoms with van der Waals surface area (Å²) in [7, 11) is 0. The Balaban J connectivity index is 0.00000134. The first-order valence-corrected chi connectivity index (χ1v) is 12.6. The molecule has 13 heteroatoms. The molecule has 0 fully saturated rings. The Morgan fingerprint density at radius 2 is 2.03 bits per heavy atom. The van der Waals surface area contributed by atoms with Gasteiger partial charge < -0.3 is 32.3 Å². The van der Waals surface area contributed by atoms with E-state index in [0.717, 1.165) is 49.2 Å². The molecule has 39 heavy (non-hydrogen) atoms. The number of nitrogens with two attached hydrogens (primary N) is 3. The number of nitrogens with one attached hydrogen (secondary N) is 3. The molecule has 4 rings (SSSR count). The summed E-state index contributed by atoms with van der Waals surface area (Å²) in [6.45, 7) is 0.589. The van der Waals surface area contributed by atoms with Gasteiger partial charge in [-0.1, -0.05) is 24.4 Å². The SMILES string of the molecule is N/N=C\N(N)c1ccc(Cl)cc1/C=C/C(=O)N[C@H]1CCCCCNc2cc(N)ccc2-c2cnc1[nH]2.O=CO. The summed E-state index contributed by atoms with van der Waals surface area (Å²) in [5.41, 5.74) is 10.7. The topological polar surface area (TPSA) is 201 Å². The predicted molar refractivity (Wildman–Crippen MR) is 155 cm³/mol. The predicted octanol–water partition coefficient (Wildman–Crippen LogP) is 3.45. The molecule has 2 aromatic carbocycles. The Morgan fingerprint density at radius 1 is 1.23 bits per heavy atom. The second-order valence-corrected chi connectivity index (χ2v) is 9.07. The fourth-order valence-corrected chi connectivity index (χ4v) is 4.34. The Morgan fingerprint density at radius 3 is 2.79 bits per heavy atom. The number of hydrogen-bond donors (Lipinski definition) is 7.